The molecule has 0 bridgehead atoms. The van der Waals surface area contributed by atoms with Gasteiger partial charge in [-0.2, -0.15) is 13.8 Å². The number of nitrogen functional groups attached to an aromatic ring is 1. The molecule has 1 aromatic heterocycles. The number of anilines is 1. The van der Waals surface area contributed by atoms with Crippen molar-refractivity contribution in [3.63, 3.8) is 0 Å². The van der Waals surface area contributed by atoms with E-state index < -0.39 is 6.61 Å². The number of nitrogens with two attached hydrogens (primary N) is 1. The van der Waals surface area contributed by atoms with Crippen molar-refractivity contribution >= 4 is 5.82 Å². The van der Waals surface area contributed by atoms with E-state index in [0.717, 1.165) is 6.20 Å². The molecule has 0 aliphatic rings. The van der Waals surface area contributed by atoms with E-state index in [-0.39, 0.29) is 11.7 Å². The number of ether oxygens (including phenoxy) is 1. The summed E-state index contributed by atoms with van der Waals surface area (Å²) in [6.45, 7) is -2.91. The maximum Gasteiger partial charge on any atom is 0.388 e. The predicted octanol–water partition coefficient (Wildman–Crippen LogP) is 0.364. The van der Waals surface area contributed by atoms with Gasteiger partial charge in [-0.1, -0.05) is 0 Å². The maximum atomic E-state index is 11.6. The Morgan fingerprint density at radius 1 is 1.50 bits per heavy atom. The molecule has 0 unspecified atom stereocenters. The summed E-state index contributed by atoms with van der Waals surface area (Å²) >= 11 is 0. The Hall–Kier alpha value is -1.50. The number of hydrogen-bond acceptors (Lipinski definition) is 5. The summed E-state index contributed by atoms with van der Waals surface area (Å²) in [5.41, 5.74) is 2.14. The van der Waals surface area contributed by atoms with Gasteiger partial charge < -0.3 is 10.2 Å². The number of alkyl halides is 2. The van der Waals surface area contributed by atoms with Gasteiger partial charge in [0, 0.05) is 0 Å². The molecule has 0 amide bonds. The molecule has 0 aromatic carbocycles. The van der Waals surface area contributed by atoms with Crippen molar-refractivity contribution in [1.82, 2.24) is 9.97 Å². The van der Waals surface area contributed by atoms with Crippen LogP contribution in [-0.4, -0.2) is 16.6 Å². The number of nitrogens with one attached hydrogen (secondary N) is 1. The van der Waals surface area contributed by atoms with E-state index in [0.29, 0.717) is 0 Å². The first kappa shape index (κ1) is 8.60. The van der Waals surface area contributed by atoms with Gasteiger partial charge in [-0.05, 0) is 0 Å². The highest BCUT2D eigenvalue weighted by Crippen LogP contribution is 2.10. The van der Waals surface area contributed by atoms with Gasteiger partial charge in [0.15, 0.2) is 5.82 Å². The molecule has 1 rings (SSSR count). The van der Waals surface area contributed by atoms with Gasteiger partial charge in [-0.3, -0.25) is 4.98 Å². The van der Waals surface area contributed by atoms with Crippen LogP contribution in [0.5, 0.6) is 5.88 Å². The number of halogens is 2. The second-order valence-corrected chi connectivity index (χ2v) is 1.77. The van der Waals surface area contributed by atoms with Crippen LogP contribution in [0.1, 0.15) is 0 Å². The standard InChI is InChI=1S/C5H6F2N4O/c6-5(7)12-4-2-9-1-3(10-4)11-8/h1-2,5H,8H2,(H,10,11). The molecular formula is C5H6F2N4O. The van der Waals surface area contributed by atoms with Crippen LogP contribution in [0.2, 0.25) is 0 Å². The monoisotopic (exact) mass is 176 g/mol. The summed E-state index contributed by atoms with van der Waals surface area (Å²) in [4.78, 5) is 7.08. The average molecular weight is 176 g/mol. The lowest BCUT2D eigenvalue weighted by molar-refractivity contribution is -0.0530. The second-order valence-electron chi connectivity index (χ2n) is 1.77. The molecule has 0 aliphatic carbocycles. The molecule has 0 atom stereocenters. The van der Waals surface area contributed by atoms with Gasteiger partial charge in [0.25, 0.3) is 0 Å². The first-order valence-electron chi connectivity index (χ1n) is 2.96. The Bertz CT molecular complexity index is 257. The van der Waals surface area contributed by atoms with Crippen LogP contribution in [0, 0.1) is 0 Å². The summed E-state index contributed by atoms with van der Waals surface area (Å²) in [5.74, 6) is 4.84. The lowest BCUT2D eigenvalue weighted by Gasteiger charge is -2.03. The molecule has 7 heteroatoms. The SMILES string of the molecule is NNc1cncc(OC(F)F)n1. The molecule has 0 radical (unpaired) electrons. The minimum atomic E-state index is -2.91. The molecule has 1 heterocycles. The van der Waals surface area contributed by atoms with Crippen molar-refractivity contribution in [2.45, 2.75) is 6.61 Å². The maximum absolute atomic E-state index is 11.6. The lowest BCUT2D eigenvalue weighted by Crippen LogP contribution is -2.10. The highest BCUT2D eigenvalue weighted by atomic mass is 19.3. The number of hydrazine groups is 1. The molecule has 1 aromatic rings. The Balaban J connectivity index is 2.72. The molecule has 3 N–H and O–H groups in total. The smallest absolute Gasteiger partial charge is 0.388 e. The third kappa shape index (κ3) is 2.27. The minimum absolute atomic E-state index is 0.160. The van der Waals surface area contributed by atoms with Crippen LogP contribution in [0.4, 0.5) is 14.6 Å². The molecular weight excluding hydrogens is 170 g/mol. The molecule has 5 nitrogen and oxygen atoms in total. The molecule has 0 saturated heterocycles. The van der Waals surface area contributed by atoms with Gasteiger partial charge in [0.2, 0.25) is 5.88 Å². The predicted molar refractivity (Wildman–Crippen MR) is 36.5 cm³/mol. The Kier molecular flexibility index (Phi) is 2.70. The van der Waals surface area contributed by atoms with E-state index in [2.05, 4.69) is 20.1 Å². The zero-order chi connectivity index (χ0) is 8.97. The average Bonchev–Trinajstić information content (AvgIpc) is 2.03. The number of hydrogen-bond donors (Lipinski definition) is 2. The first-order valence-corrected chi connectivity index (χ1v) is 2.96. The van der Waals surface area contributed by atoms with E-state index >= 15 is 0 Å². The zero-order valence-electron chi connectivity index (χ0n) is 5.87. The number of rotatable bonds is 3. The Morgan fingerprint density at radius 2 is 2.25 bits per heavy atom. The van der Waals surface area contributed by atoms with Gasteiger partial charge in [0.05, 0.1) is 12.4 Å². The van der Waals surface area contributed by atoms with Crippen LogP contribution in [-0.2, 0) is 0 Å². The largest absolute Gasteiger partial charge is 0.415 e. The fraction of sp³-hybridized carbons (Fsp3) is 0.200. The molecule has 66 valence electrons. The zero-order valence-corrected chi connectivity index (χ0v) is 5.87. The summed E-state index contributed by atoms with van der Waals surface area (Å²) < 4.78 is 27.2. The highest BCUT2D eigenvalue weighted by molar-refractivity contribution is 5.31. The van der Waals surface area contributed by atoms with Gasteiger partial charge in [-0.25, -0.2) is 5.84 Å². The van der Waals surface area contributed by atoms with Crippen molar-refractivity contribution < 1.29 is 13.5 Å². The van der Waals surface area contributed by atoms with E-state index in [9.17, 15) is 8.78 Å². The van der Waals surface area contributed by atoms with E-state index in [1.807, 2.05) is 0 Å². The van der Waals surface area contributed by atoms with Crippen molar-refractivity contribution in [1.29, 1.82) is 0 Å². The second kappa shape index (κ2) is 3.77. The van der Waals surface area contributed by atoms with Crippen molar-refractivity contribution in [3.05, 3.63) is 12.4 Å². The fourth-order valence-electron chi connectivity index (χ4n) is 0.566. The molecule has 0 aliphatic heterocycles. The first-order chi connectivity index (χ1) is 5.72. The van der Waals surface area contributed by atoms with Crippen molar-refractivity contribution in [2.24, 2.45) is 5.84 Å². The Labute approximate surface area is 66.5 Å². The van der Waals surface area contributed by atoms with Crippen LogP contribution >= 0.6 is 0 Å². The Morgan fingerprint density at radius 3 is 2.83 bits per heavy atom. The summed E-state index contributed by atoms with van der Waals surface area (Å²) in [6.07, 6.45) is 2.34. The summed E-state index contributed by atoms with van der Waals surface area (Å²) in [5, 5.41) is 0. The van der Waals surface area contributed by atoms with Gasteiger partial charge in [-0.15, -0.1) is 0 Å². The summed E-state index contributed by atoms with van der Waals surface area (Å²) in [6, 6.07) is 0. The lowest BCUT2D eigenvalue weighted by atomic mass is 10.6. The quantitative estimate of drug-likeness (QED) is 0.514. The normalized spacial score (nSPS) is 10.0. The molecule has 0 fully saturated rings. The van der Waals surface area contributed by atoms with Gasteiger partial charge in [0.1, 0.15) is 0 Å². The third-order valence-corrected chi connectivity index (χ3v) is 0.970. The van der Waals surface area contributed by atoms with Crippen LogP contribution in [0.25, 0.3) is 0 Å². The summed E-state index contributed by atoms with van der Waals surface area (Å²) in [7, 11) is 0. The van der Waals surface area contributed by atoms with E-state index in [1.54, 1.807) is 0 Å². The molecule has 0 saturated carbocycles. The van der Waals surface area contributed by atoms with E-state index in [4.69, 9.17) is 5.84 Å². The highest BCUT2D eigenvalue weighted by Gasteiger charge is 2.05. The number of aromatic nitrogens is 2. The van der Waals surface area contributed by atoms with Crippen LogP contribution in [0.3, 0.4) is 0 Å². The van der Waals surface area contributed by atoms with E-state index in [1.165, 1.54) is 6.20 Å². The topological polar surface area (TPSA) is 73.1 Å². The fourth-order valence-corrected chi connectivity index (χ4v) is 0.566. The third-order valence-electron chi connectivity index (χ3n) is 0.970. The van der Waals surface area contributed by atoms with Crippen LogP contribution < -0.4 is 16.0 Å². The minimum Gasteiger partial charge on any atom is -0.415 e. The van der Waals surface area contributed by atoms with Gasteiger partial charge >= 0.3 is 6.61 Å². The molecule has 0 spiro atoms. The molecule has 12 heavy (non-hydrogen) atoms. The van der Waals surface area contributed by atoms with Crippen molar-refractivity contribution in [3.8, 4) is 5.88 Å². The number of nitrogens with zero attached hydrogens (tertiary/aromatic N) is 2. The van der Waals surface area contributed by atoms with Crippen molar-refractivity contribution in [2.75, 3.05) is 5.43 Å². The van der Waals surface area contributed by atoms with Crippen LogP contribution in [0.15, 0.2) is 12.4 Å².